The predicted molar refractivity (Wildman–Crippen MR) is 85.0 cm³/mol. The molecule has 0 aliphatic rings. The van der Waals surface area contributed by atoms with E-state index in [1.807, 2.05) is 54.6 Å². The molecule has 0 fully saturated rings. The number of hydrogen-bond acceptors (Lipinski definition) is 3. The highest BCUT2D eigenvalue weighted by atomic mass is 16.2. The summed E-state index contributed by atoms with van der Waals surface area (Å²) in [5, 5.41) is 22.2. The lowest BCUT2D eigenvalue weighted by Gasteiger charge is -2.21. The Balaban J connectivity index is 2.17. The van der Waals surface area contributed by atoms with Gasteiger partial charge in [-0.3, -0.25) is 0 Å². The fourth-order valence-electron chi connectivity index (χ4n) is 2.21. The van der Waals surface area contributed by atoms with Gasteiger partial charge in [-0.2, -0.15) is 10.5 Å². The molecular formula is C17H16N4O. The average molecular weight is 292 g/mol. The maximum Gasteiger partial charge on any atom is 0.321 e. The molecule has 0 saturated heterocycles. The maximum absolute atomic E-state index is 12.4. The smallest absolute Gasteiger partial charge is 0.321 e. The van der Waals surface area contributed by atoms with Crippen molar-refractivity contribution in [2.45, 2.75) is 12.8 Å². The molecule has 0 saturated carbocycles. The molecule has 5 heteroatoms. The SMILES string of the molecule is N#CCCN(CCC#N)C(=O)Nc1cccc2ccccc12. The van der Waals surface area contributed by atoms with E-state index < -0.39 is 0 Å². The van der Waals surface area contributed by atoms with Crippen LogP contribution >= 0.6 is 0 Å². The number of nitrogens with zero attached hydrogens (tertiary/aromatic N) is 3. The van der Waals surface area contributed by atoms with Gasteiger partial charge >= 0.3 is 6.03 Å². The van der Waals surface area contributed by atoms with Crippen molar-refractivity contribution in [3.8, 4) is 12.1 Å². The van der Waals surface area contributed by atoms with Gasteiger partial charge in [0.05, 0.1) is 30.7 Å². The number of nitriles is 2. The number of amides is 2. The number of fused-ring (bicyclic) bond motifs is 1. The van der Waals surface area contributed by atoms with Crippen LogP contribution in [0.15, 0.2) is 42.5 Å². The minimum atomic E-state index is -0.290. The quantitative estimate of drug-likeness (QED) is 0.915. The number of anilines is 1. The molecule has 2 amide bonds. The van der Waals surface area contributed by atoms with Crippen LogP contribution in [0, 0.1) is 22.7 Å². The van der Waals surface area contributed by atoms with Crippen LogP contribution in [0.3, 0.4) is 0 Å². The van der Waals surface area contributed by atoms with E-state index in [-0.39, 0.29) is 18.9 Å². The molecule has 2 aromatic carbocycles. The zero-order chi connectivity index (χ0) is 15.8. The lowest BCUT2D eigenvalue weighted by Crippen LogP contribution is -2.36. The Kier molecular flexibility index (Phi) is 5.34. The van der Waals surface area contributed by atoms with Crippen molar-refractivity contribution in [3.63, 3.8) is 0 Å². The van der Waals surface area contributed by atoms with Crippen molar-refractivity contribution < 1.29 is 4.79 Å². The standard InChI is InChI=1S/C17H16N4O/c18-10-4-12-21(13-5-11-19)17(22)20-16-9-3-7-14-6-1-2-8-15(14)16/h1-3,6-9H,4-5,12-13H2,(H,20,22). The average Bonchev–Trinajstić information content (AvgIpc) is 2.55. The van der Waals surface area contributed by atoms with E-state index in [9.17, 15) is 4.79 Å². The second-order valence-electron chi connectivity index (χ2n) is 4.76. The molecule has 2 rings (SSSR count). The molecule has 0 spiro atoms. The van der Waals surface area contributed by atoms with Crippen LogP contribution in [-0.2, 0) is 0 Å². The zero-order valence-corrected chi connectivity index (χ0v) is 12.1. The molecule has 110 valence electrons. The van der Waals surface area contributed by atoms with Crippen LogP contribution in [0.1, 0.15) is 12.8 Å². The Morgan fingerprint density at radius 2 is 1.64 bits per heavy atom. The van der Waals surface area contributed by atoms with Crippen molar-refractivity contribution in [2.75, 3.05) is 18.4 Å². The molecule has 0 heterocycles. The molecule has 1 N–H and O–H groups in total. The van der Waals surface area contributed by atoms with Crippen LogP contribution in [-0.4, -0.2) is 24.0 Å². The molecule has 0 atom stereocenters. The summed E-state index contributed by atoms with van der Waals surface area (Å²) in [5.74, 6) is 0. The Morgan fingerprint density at radius 1 is 1.00 bits per heavy atom. The second-order valence-corrected chi connectivity index (χ2v) is 4.76. The minimum absolute atomic E-state index is 0.244. The molecule has 0 radical (unpaired) electrons. The number of urea groups is 1. The first-order valence-corrected chi connectivity index (χ1v) is 7.04. The molecule has 22 heavy (non-hydrogen) atoms. The Morgan fingerprint density at radius 3 is 2.32 bits per heavy atom. The van der Waals surface area contributed by atoms with Gasteiger partial charge in [0.15, 0.2) is 0 Å². The van der Waals surface area contributed by atoms with Gasteiger partial charge < -0.3 is 10.2 Å². The summed E-state index contributed by atoms with van der Waals surface area (Å²) in [7, 11) is 0. The summed E-state index contributed by atoms with van der Waals surface area (Å²) < 4.78 is 0. The summed E-state index contributed by atoms with van der Waals surface area (Å²) in [4.78, 5) is 13.9. The first-order chi connectivity index (χ1) is 10.8. The van der Waals surface area contributed by atoms with Gasteiger partial charge in [0.1, 0.15) is 0 Å². The minimum Gasteiger partial charge on any atom is -0.322 e. The van der Waals surface area contributed by atoms with Gasteiger partial charge in [-0.1, -0.05) is 36.4 Å². The Bertz CT molecular complexity index is 719. The van der Waals surface area contributed by atoms with Gasteiger partial charge in [-0.05, 0) is 11.5 Å². The molecule has 2 aromatic rings. The summed E-state index contributed by atoms with van der Waals surface area (Å²) in [5.41, 5.74) is 0.724. The van der Waals surface area contributed by atoms with E-state index in [4.69, 9.17) is 10.5 Å². The van der Waals surface area contributed by atoms with E-state index in [1.54, 1.807) is 0 Å². The predicted octanol–water partition coefficient (Wildman–Crippen LogP) is 3.50. The van der Waals surface area contributed by atoms with Crippen molar-refractivity contribution in [1.29, 1.82) is 10.5 Å². The lowest BCUT2D eigenvalue weighted by atomic mass is 10.1. The summed E-state index contributed by atoms with van der Waals surface area (Å²) >= 11 is 0. The van der Waals surface area contributed by atoms with Crippen LogP contribution < -0.4 is 5.32 Å². The third-order valence-electron chi connectivity index (χ3n) is 3.31. The highest BCUT2D eigenvalue weighted by Crippen LogP contribution is 2.23. The molecule has 0 unspecified atom stereocenters. The van der Waals surface area contributed by atoms with Crippen LogP contribution in [0.25, 0.3) is 10.8 Å². The third-order valence-corrected chi connectivity index (χ3v) is 3.31. The topological polar surface area (TPSA) is 79.9 Å². The normalized spacial score (nSPS) is 9.73. The van der Waals surface area contributed by atoms with E-state index in [0.717, 1.165) is 16.5 Å². The van der Waals surface area contributed by atoms with Gasteiger partial charge in [0, 0.05) is 18.5 Å². The van der Waals surface area contributed by atoms with E-state index in [0.29, 0.717) is 13.1 Å². The number of carbonyl (C=O) groups is 1. The van der Waals surface area contributed by atoms with Gasteiger partial charge in [0.25, 0.3) is 0 Å². The summed E-state index contributed by atoms with van der Waals surface area (Å²) in [6.07, 6.45) is 0.489. The number of benzene rings is 2. The zero-order valence-electron chi connectivity index (χ0n) is 12.1. The van der Waals surface area contributed by atoms with Crippen molar-refractivity contribution >= 4 is 22.5 Å². The highest BCUT2D eigenvalue weighted by molar-refractivity contribution is 6.01. The molecule has 5 nitrogen and oxygen atoms in total. The fourth-order valence-corrected chi connectivity index (χ4v) is 2.21. The van der Waals surface area contributed by atoms with Gasteiger partial charge in [0.2, 0.25) is 0 Å². The van der Waals surface area contributed by atoms with E-state index in [2.05, 4.69) is 5.32 Å². The van der Waals surface area contributed by atoms with E-state index in [1.165, 1.54) is 4.90 Å². The molecule has 0 aliphatic heterocycles. The van der Waals surface area contributed by atoms with Crippen molar-refractivity contribution in [2.24, 2.45) is 0 Å². The van der Waals surface area contributed by atoms with E-state index >= 15 is 0 Å². The number of carbonyl (C=O) groups excluding carboxylic acids is 1. The first-order valence-electron chi connectivity index (χ1n) is 7.04. The fraction of sp³-hybridized carbons (Fsp3) is 0.235. The van der Waals surface area contributed by atoms with Gasteiger partial charge in [-0.15, -0.1) is 0 Å². The van der Waals surface area contributed by atoms with Crippen molar-refractivity contribution in [3.05, 3.63) is 42.5 Å². The Hall–Kier alpha value is -3.05. The number of hydrogen-bond donors (Lipinski definition) is 1. The molecule has 0 aliphatic carbocycles. The van der Waals surface area contributed by atoms with Crippen LogP contribution in [0.2, 0.25) is 0 Å². The van der Waals surface area contributed by atoms with Crippen molar-refractivity contribution in [1.82, 2.24) is 4.90 Å². The summed E-state index contributed by atoms with van der Waals surface area (Å²) in [6.45, 7) is 0.629. The Labute approximate surface area is 129 Å². The van der Waals surface area contributed by atoms with Crippen LogP contribution in [0.5, 0.6) is 0 Å². The second kappa shape index (κ2) is 7.66. The number of nitrogens with one attached hydrogen (secondary N) is 1. The summed E-state index contributed by atoms with van der Waals surface area (Å²) in [6, 6.07) is 17.2. The largest absolute Gasteiger partial charge is 0.322 e. The number of rotatable bonds is 5. The maximum atomic E-state index is 12.4. The molecule has 0 bridgehead atoms. The highest BCUT2D eigenvalue weighted by Gasteiger charge is 2.14. The molecule has 0 aromatic heterocycles. The first kappa shape index (κ1) is 15.3. The lowest BCUT2D eigenvalue weighted by molar-refractivity contribution is 0.214. The van der Waals surface area contributed by atoms with Crippen LogP contribution in [0.4, 0.5) is 10.5 Å². The van der Waals surface area contributed by atoms with Gasteiger partial charge in [-0.25, -0.2) is 4.79 Å². The molecular weight excluding hydrogens is 276 g/mol. The monoisotopic (exact) mass is 292 g/mol. The third kappa shape index (κ3) is 3.74.